The molecule has 1 aromatic carbocycles. The van der Waals surface area contributed by atoms with Crippen LogP contribution in [0.15, 0.2) is 24.3 Å². The predicted molar refractivity (Wildman–Crippen MR) is 77.0 cm³/mol. The van der Waals surface area contributed by atoms with Crippen LogP contribution < -0.4 is 5.73 Å². The van der Waals surface area contributed by atoms with Gasteiger partial charge in [-0.05, 0) is 37.8 Å². The molecule has 1 heterocycles. The van der Waals surface area contributed by atoms with E-state index in [1.165, 1.54) is 0 Å². The van der Waals surface area contributed by atoms with E-state index in [1.807, 2.05) is 38.1 Å². The molecule has 0 aromatic heterocycles. The highest BCUT2D eigenvalue weighted by atomic mass is 32.2. The van der Waals surface area contributed by atoms with Crippen molar-refractivity contribution in [2.75, 3.05) is 6.54 Å². The van der Waals surface area contributed by atoms with E-state index >= 15 is 0 Å². The van der Waals surface area contributed by atoms with E-state index < -0.39 is 10.0 Å². The van der Waals surface area contributed by atoms with Crippen molar-refractivity contribution in [3.05, 3.63) is 35.4 Å². The van der Waals surface area contributed by atoms with Crippen molar-refractivity contribution in [2.45, 2.75) is 44.5 Å². The van der Waals surface area contributed by atoms with Gasteiger partial charge < -0.3 is 5.73 Å². The number of nitrogens with two attached hydrogens (primary N) is 1. The molecule has 1 aromatic rings. The van der Waals surface area contributed by atoms with Crippen LogP contribution in [0.4, 0.5) is 0 Å². The van der Waals surface area contributed by atoms with Crippen LogP contribution in [0.3, 0.4) is 0 Å². The van der Waals surface area contributed by atoms with Gasteiger partial charge in [0.15, 0.2) is 0 Å². The van der Waals surface area contributed by atoms with E-state index in [0.717, 1.165) is 24.0 Å². The molecule has 0 unspecified atom stereocenters. The first-order valence-electron chi connectivity index (χ1n) is 6.64. The Balaban J connectivity index is 2.27. The molecular weight excluding hydrogens is 260 g/mol. The first-order valence-corrected chi connectivity index (χ1v) is 8.25. The number of sulfonamides is 1. The lowest BCUT2D eigenvalue weighted by Crippen LogP contribution is -2.43. The minimum absolute atomic E-state index is 0.0454. The molecule has 2 rings (SSSR count). The molecule has 1 aliphatic heterocycles. The number of hydrogen-bond acceptors (Lipinski definition) is 3. The summed E-state index contributed by atoms with van der Waals surface area (Å²) in [6.45, 7) is 4.98. The topological polar surface area (TPSA) is 63.4 Å². The van der Waals surface area contributed by atoms with Gasteiger partial charge in [0.25, 0.3) is 0 Å². The van der Waals surface area contributed by atoms with Crippen LogP contribution in [-0.4, -0.2) is 24.8 Å². The monoisotopic (exact) mass is 282 g/mol. The molecule has 1 aliphatic rings. The fourth-order valence-electron chi connectivity index (χ4n) is 2.77. The summed E-state index contributed by atoms with van der Waals surface area (Å²) in [5.41, 5.74) is 7.12. The molecule has 0 atom stereocenters. The molecule has 4 nitrogen and oxygen atoms in total. The van der Waals surface area contributed by atoms with Gasteiger partial charge >= 0.3 is 0 Å². The van der Waals surface area contributed by atoms with Gasteiger partial charge in [0.05, 0.1) is 5.75 Å². The smallest absolute Gasteiger partial charge is 0.218 e. The van der Waals surface area contributed by atoms with E-state index in [-0.39, 0.29) is 11.3 Å². The zero-order valence-corrected chi connectivity index (χ0v) is 12.4. The third-order valence-corrected chi connectivity index (χ3v) is 5.86. The Morgan fingerprint density at radius 2 is 1.89 bits per heavy atom. The average Bonchev–Trinajstić information content (AvgIpc) is 2.70. The van der Waals surface area contributed by atoms with Gasteiger partial charge in [-0.3, -0.25) is 0 Å². The first kappa shape index (κ1) is 14.5. The summed E-state index contributed by atoms with van der Waals surface area (Å²) < 4.78 is 26.8. The van der Waals surface area contributed by atoms with Crippen LogP contribution in [0, 0.1) is 0 Å². The SMILES string of the molecule is CC1(C)CCCN1S(=O)(=O)Cc1ccccc1CN. The van der Waals surface area contributed by atoms with Gasteiger partial charge in [0.2, 0.25) is 10.0 Å². The molecule has 1 fully saturated rings. The average molecular weight is 282 g/mol. The van der Waals surface area contributed by atoms with Gasteiger partial charge in [-0.2, -0.15) is 4.31 Å². The molecule has 5 heteroatoms. The maximum atomic E-state index is 12.6. The number of hydrogen-bond donors (Lipinski definition) is 1. The van der Waals surface area contributed by atoms with Gasteiger partial charge in [-0.15, -0.1) is 0 Å². The fourth-order valence-corrected chi connectivity index (χ4v) is 4.85. The van der Waals surface area contributed by atoms with Crippen molar-refractivity contribution in [2.24, 2.45) is 5.73 Å². The predicted octanol–water partition coefficient (Wildman–Crippen LogP) is 1.85. The summed E-state index contributed by atoms with van der Waals surface area (Å²) in [4.78, 5) is 0. The molecule has 0 radical (unpaired) electrons. The van der Waals surface area contributed by atoms with Crippen LogP contribution in [0.1, 0.15) is 37.8 Å². The van der Waals surface area contributed by atoms with Crippen LogP contribution >= 0.6 is 0 Å². The van der Waals surface area contributed by atoms with Crippen molar-refractivity contribution < 1.29 is 8.42 Å². The third kappa shape index (κ3) is 2.99. The normalized spacial score (nSPS) is 19.7. The van der Waals surface area contributed by atoms with Crippen molar-refractivity contribution in [3.63, 3.8) is 0 Å². The van der Waals surface area contributed by atoms with Gasteiger partial charge in [-0.1, -0.05) is 24.3 Å². The van der Waals surface area contributed by atoms with Gasteiger partial charge in [0, 0.05) is 18.6 Å². The number of rotatable bonds is 4. The lowest BCUT2D eigenvalue weighted by atomic mass is 10.0. The molecule has 0 amide bonds. The van der Waals surface area contributed by atoms with Gasteiger partial charge in [0.1, 0.15) is 0 Å². The second kappa shape index (κ2) is 5.23. The summed E-state index contributed by atoms with van der Waals surface area (Å²) in [6.07, 6.45) is 1.86. The Morgan fingerprint density at radius 1 is 1.26 bits per heavy atom. The fraction of sp³-hybridized carbons (Fsp3) is 0.571. The highest BCUT2D eigenvalue weighted by molar-refractivity contribution is 7.88. The van der Waals surface area contributed by atoms with E-state index in [2.05, 4.69) is 0 Å². The van der Waals surface area contributed by atoms with E-state index in [0.29, 0.717) is 13.1 Å². The summed E-state index contributed by atoms with van der Waals surface area (Å²) >= 11 is 0. The molecule has 1 saturated heterocycles. The Morgan fingerprint density at radius 3 is 2.42 bits per heavy atom. The second-order valence-corrected chi connectivity index (χ2v) is 7.61. The third-order valence-electron chi connectivity index (χ3n) is 3.84. The van der Waals surface area contributed by atoms with Crippen LogP contribution in [0.2, 0.25) is 0 Å². The minimum Gasteiger partial charge on any atom is -0.326 e. The van der Waals surface area contributed by atoms with E-state index in [9.17, 15) is 8.42 Å². The zero-order chi connectivity index (χ0) is 14.1. The summed E-state index contributed by atoms with van der Waals surface area (Å²) in [7, 11) is -3.28. The first-order chi connectivity index (χ1) is 8.87. The highest BCUT2D eigenvalue weighted by Crippen LogP contribution is 2.32. The lowest BCUT2D eigenvalue weighted by Gasteiger charge is -2.30. The molecule has 0 spiro atoms. The summed E-state index contributed by atoms with van der Waals surface area (Å²) in [6, 6.07) is 7.49. The molecule has 0 aliphatic carbocycles. The lowest BCUT2D eigenvalue weighted by molar-refractivity contribution is 0.291. The largest absolute Gasteiger partial charge is 0.326 e. The number of benzene rings is 1. The van der Waals surface area contributed by atoms with Crippen molar-refractivity contribution >= 4 is 10.0 Å². The van der Waals surface area contributed by atoms with Crippen molar-refractivity contribution in [1.29, 1.82) is 0 Å². The zero-order valence-electron chi connectivity index (χ0n) is 11.6. The number of nitrogens with zero attached hydrogens (tertiary/aromatic N) is 1. The Kier molecular flexibility index (Phi) is 3.99. The standard InChI is InChI=1S/C14H22N2O2S/c1-14(2)8-5-9-16(14)19(17,18)11-13-7-4-3-6-12(13)10-15/h3-4,6-7H,5,8-11,15H2,1-2H3. The maximum absolute atomic E-state index is 12.6. The van der Waals surface area contributed by atoms with Crippen molar-refractivity contribution in [1.82, 2.24) is 4.31 Å². The van der Waals surface area contributed by atoms with E-state index in [4.69, 9.17) is 5.73 Å². The highest BCUT2D eigenvalue weighted by Gasteiger charge is 2.40. The van der Waals surface area contributed by atoms with Crippen molar-refractivity contribution in [3.8, 4) is 0 Å². The summed E-state index contributed by atoms with van der Waals surface area (Å²) in [5.74, 6) is 0.0454. The molecule has 0 bridgehead atoms. The van der Waals surface area contributed by atoms with Crippen LogP contribution in [0.5, 0.6) is 0 Å². The molecular formula is C14H22N2O2S. The maximum Gasteiger partial charge on any atom is 0.218 e. The minimum atomic E-state index is -3.28. The summed E-state index contributed by atoms with van der Waals surface area (Å²) in [5, 5.41) is 0. The molecule has 19 heavy (non-hydrogen) atoms. The van der Waals surface area contributed by atoms with Crippen LogP contribution in [-0.2, 0) is 22.3 Å². The Labute approximate surface area is 115 Å². The van der Waals surface area contributed by atoms with Crippen LogP contribution in [0.25, 0.3) is 0 Å². The van der Waals surface area contributed by atoms with E-state index in [1.54, 1.807) is 4.31 Å². The Bertz CT molecular complexity index is 552. The molecule has 2 N–H and O–H groups in total. The Hall–Kier alpha value is -0.910. The second-order valence-electron chi connectivity index (χ2n) is 5.72. The quantitative estimate of drug-likeness (QED) is 0.916. The molecule has 0 saturated carbocycles. The van der Waals surface area contributed by atoms with Gasteiger partial charge in [-0.25, -0.2) is 8.42 Å². The molecule has 106 valence electrons.